The Balaban J connectivity index is 2.33. The van der Waals surface area contributed by atoms with Crippen molar-refractivity contribution in [1.82, 2.24) is 0 Å². The monoisotopic (exact) mass is 271 g/mol. The Kier molecular flexibility index (Phi) is 4.17. The number of rotatable bonds is 1. The average molecular weight is 272 g/mol. The lowest BCUT2D eigenvalue weighted by Gasteiger charge is -2.28. The van der Waals surface area contributed by atoms with Crippen LogP contribution in [-0.2, 0) is 0 Å². The van der Waals surface area contributed by atoms with E-state index in [1.54, 1.807) is 6.07 Å². The molecule has 0 saturated carbocycles. The summed E-state index contributed by atoms with van der Waals surface area (Å²) in [5.74, 6) is -0.491. The van der Waals surface area contributed by atoms with Crippen molar-refractivity contribution in [3.05, 3.63) is 16.9 Å². The largest absolute Gasteiger partial charge is 0.397 e. The SMILES string of the molecule is Nc1cc(N)c(N2CCCCCCC2)c(F)c1Cl. The van der Waals surface area contributed by atoms with Gasteiger partial charge in [0.1, 0.15) is 5.02 Å². The zero-order valence-corrected chi connectivity index (χ0v) is 11.1. The molecule has 1 saturated heterocycles. The minimum absolute atomic E-state index is 0.0266. The van der Waals surface area contributed by atoms with E-state index in [1.165, 1.54) is 19.3 Å². The number of hydrogen-bond donors (Lipinski definition) is 2. The maximum atomic E-state index is 14.2. The highest BCUT2D eigenvalue weighted by Gasteiger charge is 2.20. The molecule has 2 rings (SSSR count). The number of benzene rings is 1. The highest BCUT2D eigenvalue weighted by Crippen LogP contribution is 2.36. The molecule has 0 aliphatic carbocycles. The maximum Gasteiger partial charge on any atom is 0.169 e. The van der Waals surface area contributed by atoms with Gasteiger partial charge >= 0.3 is 0 Å². The normalized spacial score (nSPS) is 17.3. The van der Waals surface area contributed by atoms with Crippen molar-refractivity contribution in [2.45, 2.75) is 32.1 Å². The summed E-state index contributed by atoms with van der Waals surface area (Å²) in [5, 5.41) is -0.0266. The van der Waals surface area contributed by atoms with Crippen LogP contribution in [0.3, 0.4) is 0 Å². The zero-order chi connectivity index (χ0) is 13.1. The quantitative estimate of drug-likeness (QED) is 0.770. The van der Waals surface area contributed by atoms with Gasteiger partial charge in [0.05, 0.1) is 17.1 Å². The fraction of sp³-hybridized carbons (Fsp3) is 0.538. The number of nitrogens with zero attached hydrogens (tertiary/aromatic N) is 1. The van der Waals surface area contributed by atoms with Crippen molar-refractivity contribution in [1.29, 1.82) is 0 Å². The molecule has 1 aromatic carbocycles. The second-order valence-electron chi connectivity index (χ2n) is 4.79. The van der Waals surface area contributed by atoms with Crippen LogP contribution in [0, 0.1) is 5.82 Å². The van der Waals surface area contributed by atoms with E-state index in [1.807, 2.05) is 4.90 Å². The van der Waals surface area contributed by atoms with Crippen LogP contribution in [0.25, 0.3) is 0 Å². The molecule has 0 spiro atoms. The molecule has 4 N–H and O–H groups in total. The van der Waals surface area contributed by atoms with E-state index in [9.17, 15) is 4.39 Å². The van der Waals surface area contributed by atoms with Gasteiger partial charge in [-0.2, -0.15) is 0 Å². The summed E-state index contributed by atoms with van der Waals surface area (Å²) >= 11 is 5.86. The maximum absolute atomic E-state index is 14.2. The summed E-state index contributed by atoms with van der Waals surface area (Å²) in [4.78, 5) is 2.00. The van der Waals surface area contributed by atoms with Gasteiger partial charge in [0, 0.05) is 13.1 Å². The van der Waals surface area contributed by atoms with Crippen molar-refractivity contribution in [3.8, 4) is 0 Å². The highest BCUT2D eigenvalue weighted by atomic mass is 35.5. The molecule has 0 radical (unpaired) electrons. The lowest BCUT2D eigenvalue weighted by atomic mass is 10.1. The highest BCUT2D eigenvalue weighted by molar-refractivity contribution is 6.33. The molecule has 1 aliphatic heterocycles. The van der Waals surface area contributed by atoms with Crippen molar-refractivity contribution in [3.63, 3.8) is 0 Å². The third-order valence-corrected chi connectivity index (χ3v) is 3.79. The van der Waals surface area contributed by atoms with E-state index in [-0.39, 0.29) is 10.7 Å². The van der Waals surface area contributed by atoms with Crippen LogP contribution in [0.5, 0.6) is 0 Å². The Morgan fingerprint density at radius 3 is 2.17 bits per heavy atom. The molecule has 1 heterocycles. The first-order valence-corrected chi connectivity index (χ1v) is 6.77. The van der Waals surface area contributed by atoms with Crippen LogP contribution in [0.15, 0.2) is 6.07 Å². The minimum atomic E-state index is -0.491. The molecule has 0 bridgehead atoms. The molecule has 100 valence electrons. The van der Waals surface area contributed by atoms with Crippen LogP contribution >= 0.6 is 11.6 Å². The van der Waals surface area contributed by atoms with Gasteiger partial charge in [-0.1, -0.05) is 30.9 Å². The van der Waals surface area contributed by atoms with E-state index in [0.717, 1.165) is 25.9 Å². The van der Waals surface area contributed by atoms with Crippen LogP contribution in [0.1, 0.15) is 32.1 Å². The Labute approximate surface area is 112 Å². The molecule has 0 amide bonds. The van der Waals surface area contributed by atoms with Gasteiger partial charge in [0.15, 0.2) is 5.82 Å². The second kappa shape index (κ2) is 5.65. The van der Waals surface area contributed by atoms with E-state index in [0.29, 0.717) is 11.4 Å². The van der Waals surface area contributed by atoms with Crippen LogP contribution in [0.2, 0.25) is 5.02 Å². The van der Waals surface area contributed by atoms with E-state index < -0.39 is 5.82 Å². The summed E-state index contributed by atoms with van der Waals surface area (Å²) in [6.45, 7) is 1.64. The van der Waals surface area contributed by atoms with E-state index in [4.69, 9.17) is 23.1 Å². The molecule has 5 heteroatoms. The van der Waals surface area contributed by atoms with Crippen LogP contribution < -0.4 is 16.4 Å². The first-order valence-electron chi connectivity index (χ1n) is 6.39. The van der Waals surface area contributed by atoms with Gasteiger partial charge in [-0.25, -0.2) is 4.39 Å². The molecule has 18 heavy (non-hydrogen) atoms. The van der Waals surface area contributed by atoms with Crippen molar-refractivity contribution in [2.24, 2.45) is 0 Å². The van der Waals surface area contributed by atoms with Gasteiger partial charge in [-0.15, -0.1) is 0 Å². The summed E-state index contributed by atoms with van der Waals surface area (Å²) in [6, 6.07) is 1.54. The fourth-order valence-corrected chi connectivity index (χ4v) is 2.59. The Hall–Kier alpha value is -1.16. The Morgan fingerprint density at radius 1 is 1.00 bits per heavy atom. The van der Waals surface area contributed by atoms with Gasteiger partial charge < -0.3 is 16.4 Å². The Morgan fingerprint density at radius 2 is 1.56 bits per heavy atom. The standard InChI is InChI=1S/C13H19ClFN3/c14-11-9(16)8-10(17)13(12(11)15)18-6-4-2-1-3-5-7-18/h8H,1-7,16-17H2. The van der Waals surface area contributed by atoms with Gasteiger partial charge in [0.25, 0.3) is 0 Å². The number of nitrogen functional groups attached to an aromatic ring is 2. The summed E-state index contributed by atoms with van der Waals surface area (Å²) < 4.78 is 14.2. The molecule has 0 aromatic heterocycles. The van der Waals surface area contributed by atoms with Crippen molar-refractivity contribution in [2.75, 3.05) is 29.5 Å². The summed E-state index contributed by atoms with van der Waals surface area (Å²) in [7, 11) is 0. The second-order valence-corrected chi connectivity index (χ2v) is 5.16. The number of anilines is 3. The molecule has 1 aromatic rings. The van der Waals surface area contributed by atoms with Gasteiger partial charge in [-0.3, -0.25) is 0 Å². The van der Waals surface area contributed by atoms with Crippen molar-refractivity contribution >= 4 is 28.7 Å². The smallest absolute Gasteiger partial charge is 0.169 e. The van der Waals surface area contributed by atoms with Crippen LogP contribution in [-0.4, -0.2) is 13.1 Å². The van der Waals surface area contributed by atoms with E-state index >= 15 is 0 Å². The molecular formula is C13H19ClFN3. The van der Waals surface area contributed by atoms with Gasteiger partial charge in [0.2, 0.25) is 0 Å². The number of nitrogens with two attached hydrogens (primary N) is 2. The average Bonchev–Trinajstić information content (AvgIpc) is 2.28. The third kappa shape index (κ3) is 2.64. The molecule has 0 unspecified atom stereocenters. The Bertz CT molecular complexity index is 429. The molecule has 3 nitrogen and oxygen atoms in total. The lowest BCUT2D eigenvalue weighted by molar-refractivity contribution is 0.545. The van der Waals surface area contributed by atoms with E-state index in [2.05, 4.69) is 0 Å². The number of hydrogen-bond acceptors (Lipinski definition) is 3. The van der Waals surface area contributed by atoms with Crippen molar-refractivity contribution < 1.29 is 4.39 Å². The lowest BCUT2D eigenvalue weighted by Crippen LogP contribution is -2.29. The predicted octanol–water partition coefficient (Wildman–Crippen LogP) is 3.41. The molecule has 1 aliphatic rings. The zero-order valence-electron chi connectivity index (χ0n) is 10.4. The summed E-state index contributed by atoms with van der Waals surface area (Å²) in [6.07, 6.45) is 5.73. The molecule has 1 fully saturated rings. The molecular weight excluding hydrogens is 253 g/mol. The van der Waals surface area contributed by atoms with Crippen LogP contribution in [0.4, 0.5) is 21.5 Å². The number of halogens is 2. The first-order chi connectivity index (χ1) is 8.61. The minimum Gasteiger partial charge on any atom is -0.397 e. The molecule has 0 atom stereocenters. The third-order valence-electron chi connectivity index (χ3n) is 3.41. The topological polar surface area (TPSA) is 55.3 Å². The van der Waals surface area contributed by atoms with Gasteiger partial charge in [-0.05, 0) is 18.9 Å². The first kappa shape index (κ1) is 13.3. The summed E-state index contributed by atoms with van der Waals surface area (Å²) in [5.41, 5.74) is 12.5. The predicted molar refractivity (Wildman–Crippen MR) is 75.5 cm³/mol. The fourth-order valence-electron chi connectivity index (χ4n) is 2.45.